The number of nitrogens with zero attached hydrogens (tertiary/aromatic N) is 8. The molecule has 11 nitrogen and oxygen atoms in total. The molecule has 6 heterocycles. The van der Waals surface area contributed by atoms with Crippen molar-refractivity contribution < 1.29 is 4.79 Å². The lowest BCUT2D eigenvalue weighted by molar-refractivity contribution is 0.0633. The van der Waals surface area contributed by atoms with Gasteiger partial charge < -0.3 is 19.7 Å². The van der Waals surface area contributed by atoms with Crippen molar-refractivity contribution in [2.75, 3.05) is 23.3 Å². The molecule has 0 saturated carbocycles. The first kappa shape index (κ1) is 22.2. The van der Waals surface area contributed by atoms with Crippen LogP contribution < -0.4 is 10.2 Å². The van der Waals surface area contributed by atoms with Gasteiger partial charge in [-0.1, -0.05) is 0 Å². The SMILES string of the molecule is Cc1cc(Nc2cc(C)[nH]n2)nc(N2CC3CCC(C2)N3C(=O)c2ccc(-c3ccn(C)c3)nn2)n1. The highest BCUT2D eigenvalue weighted by molar-refractivity contribution is 5.93. The lowest BCUT2D eigenvalue weighted by Gasteiger charge is -2.41. The first-order chi connectivity index (χ1) is 17.4. The highest BCUT2D eigenvalue weighted by atomic mass is 16.2. The largest absolute Gasteiger partial charge is 0.357 e. The summed E-state index contributed by atoms with van der Waals surface area (Å²) in [5.41, 5.74) is 3.96. The maximum Gasteiger partial charge on any atom is 0.274 e. The summed E-state index contributed by atoms with van der Waals surface area (Å²) in [6, 6.07) is 9.62. The number of hydrogen-bond donors (Lipinski definition) is 2. The average Bonchev–Trinajstić information content (AvgIpc) is 3.55. The Balaban J connectivity index is 1.18. The van der Waals surface area contributed by atoms with Crippen molar-refractivity contribution in [2.45, 2.75) is 38.8 Å². The molecule has 2 fully saturated rings. The number of amides is 1. The van der Waals surface area contributed by atoms with Crippen LogP contribution in [0.4, 0.5) is 17.6 Å². The molecule has 2 N–H and O–H groups in total. The summed E-state index contributed by atoms with van der Waals surface area (Å²) < 4.78 is 1.96. The van der Waals surface area contributed by atoms with Crippen LogP contribution in [0.3, 0.4) is 0 Å². The maximum atomic E-state index is 13.4. The molecule has 0 spiro atoms. The van der Waals surface area contributed by atoms with Gasteiger partial charge in [0.1, 0.15) is 5.82 Å². The fraction of sp³-hybridized carbons (Fsp3) is 0.360. The number of aromatic amines is 1. The van der Waals surface area contributed by atoms with E-state index in [1.54, 1.807) is 6.07 Å². The molecule has 0 aromatic carbocycles. The van der Waals surface area contributed by atoms with Crippen LogP contribution >= 0.6 is 0 Å². The number of piperazine rings is 1. The Hall–Kier alpha value is -4.28. The summed E-state index contributed by atoms with van der Waals surface area (Å²) in [7, 11) is 1.96. The van der Waals surface area contributed by atoms with Gasteiger partial charge >= 0.3 is 0 Å². The summed E-state index contributed by atoms with van der Waals surface area (Å²) >= 11 is 0. The van der Waals surface area contributed by atoms with Crippen molar-refractivity contribution in [1.29, 1.82) is 0 Å². The molecule has 4 aromatic rings. The van der Waals surface area contributed by atoms with Gasteiger partial charge in [0.05, 0.1) is 17.8 Å². The zero-order chi connectivity index (χ0) is 24.8. The number of nitrogens with one attached hydrogen (secondary N) is 2. The second-order valence-electron chi connectivity index (χ2n) is 9.63. The number of anilines is 3. The van der Waals surface area contributed by atoms with Crippen molar-refractivity contribution in [3.8, 4) is 11.3 Å². The number of fused-ring (bicyclic) bond motifs is 2. The molecule has 6 rings (SSSR count). The summed E-state index contributed by atoms with van der Waals surface area (Å²) in [4.78, 5) is 27.0. The minimum atomic E-state index is -0.0596. The Bertz CT molecular complexity index is 1390. The molecule has 2 aliphatic rings. The molecule has 2 aliphatic heterocycles. The van der Waals surface area contributed by atoms with Gasteiger partial charge in [0.15, 0.2) is 11.5 Å². The van der Waals surface area contributed by atoms with E-state index in [-0.39, 0.29) is 18.0 Å². The van der Waals surface area contributed by atoms with Gasteiger partial charge in [0.2, 0.25) is 5.95 Å². The van der Waals surface area contributed by atoms with Crippen LogP contribution in [0.15, 0.2) is 42.7 Å². The normalized spacial score (nSPS) is 19.1. The van der Waals surface area contributed by atoms with E-state index in [2.05, 4.69) is 35.6 Å². The van der Waals surface area contributed by atoms with E-state index in [0.29, 0.717) is 36.4 Å². The van der Waals surface area contributed by atoms with Crippen LogP contribution in [0, 0.1) is 13.8 Å². The summed E-state index contributed by atoms with van der Waals surface area (Å²) in [5, 5.41) is 19.0. The second-order valence-corrected chi connectivity index (χ2v) is 9.63. The molecule has 0 radical (unpaired) electrons. The molecular formula is C25H28N10O. The van der Waals surface area contributed by atoms with Crippen molar-refractivity contribution >= 4 is 23.5 Å². The van der Waals surface area contributed by atoms with E-state index in [1.807, 2.05) is 67.0 Å². The van der Waals surface area contributed by atoms with E-state index in [4.69, 9.17) is 4.98 Å². The average molecular weight is 485 g/mol. The maximum absolute atomic E-state index is 13.4. The van der Waals surface area contributed by atoms with Crippen molar-refractivity contribution in [3.05, 3.63) is 59.8 Å². The Morgan fingerprint density at radius 1 is 1.03 bits per heavy atom. The van der Waals surface area contributed by atoms with Crippen LogP contribution in [-0.4, -0.2) is 70.9 Å². The number of rotatable bonds is 5. The van der Waals surface area contributed by atoms with Gasteiger partial charge in [-0.05, 0) is 44.9 Å². The lowest BCUT2D eigenvalue weighted by Crippen LogP contribution is -2.56. The molecule has 2 bridgehead atoms. The van der Waals surface area contributed by atoms with E-state index < -0.39 is 0 Å². The van der Waals surface area contributed by atoms with Crippen LogP contribution in [0.25, 0.3) is 11.3 Å². The molecule has 2 unspecified atom stereocenters. The predicted octanol–water partition coefficient (Wildman–Crippen LogP) is 2.85. The smallest absolute Gasteiger partial charge is 0.274 e. The van der Waals surface area contributed by atoms with Crippen LogP contribution in [0.1, 0.15) is 34.7 Å². The molecule has 184 valence electrons. The number of carbonyl (C=O) groups is 1. The van der Waals surface area contributed by atoms with Gasteiger partial charge in [-0.2, -0.15) is 10.1 Å². The van der Waals surface area contributed by atoms with Gasteiger partial charge in [-0.3, -0.25) is 9.89 Å². The quantitative estimate of drug-likeness (QED) is 0.444. The fourth-order valence-corrected chi connectivity index (χ4v) is 5.16. The topological polar surface area (TPSA) is 121 Å². The minimum absolute atomic E-state index is 0.0596. The number of aryl methyl sites for hydroxylation is 3. The first-order valence-electron chi connectivity index (χ1n) is 12.1. The first-order valence-corrected chi connectivity index (χ1v) is 12.1. The van der Waals surface area contributed by atoms with Crippen LogP contribution in [0.2, 0.25) is 0 Å². The number of H-pyrrole nitrogens is 1. The molecule has 1 amide bonds. The highest BCUT2D eigenvalue weighted by Crippen LogP contribution is 2.33. The summed E-state index contributed by atoms with van der Waals surface area (Å²) in [6.45, 7) is 5.28. The molecule has 4 aromatic heterocycles. The third kappa shape index (κ3) is 4.16. The molecular weight excluding hydrogens is 456 g/mol. The standard InChI is InChI=1S/C25H28N10O/c1-15-10-22(27-23-11-16(2)29-32-23)28-25(26-15)34-13-18-4-5-19(14-34)35(18)24(36)21-7-6-20(30-31-21)17-8-9-33(3)12-17/h6-12,18-19H,4-5,13-14H2,1-3H3,(H2,26,27,28,29,32). The summed E-state index contributed by atoms with van der Waals surface area (Å²) in [6.07, 6.45) is 5.84. The zero-order valence-electron chi connectivity index (χ0n) is 20.5. The third-order valence-electron chi connectivity index (χ3n) is 6.82. The van der Waals surface area contributed by atoms with Gasteiger partial charge in [-0.15, -0.1) is 10.2 Å². The highest BCUT2D eigenvalue weighted by Gasteiger charge is 2.44. The lowest BCUT2D eigenvalue weighted by atomic mass is 10.1. The molecule has 36 heavy (non-hydrogen) atoms. The zero-order valence-corrected chi connectivity index (χ0v) is 20.5. The van der Waals surface area contributed by atoms with E-state index in [1.165, 1.54) is 0 Å². The molecule has 2 atom stereocenters. The monoisotopic (exact) mass is 484 g/mol. The van der Waals surface area contributed by atoms with Crippen molar-refractivity contribution in [2.24, 2.45) is 7.05 Å². The molecule has 0 aliphatic carbocycles. The van der Waals surface area contributed by atoms with Gasteiger partial charge in [0, 0.05) is 61.6 Å². The molecule has 11 heteroatoms. The molecule has 2 saturated heterocycles. The van der Waals surface area contributed by atoms with Crippen LogP contribution in [-0.2, 0) is 7.05 Å². The van der Waals surface area contributed by atoms with Crippen molar-refractivity contribution in [1.82, 2.24) is 39.8 Å². The number of aromatic nitrogens is 7. The third-order valence-corrected chi connectivity index (χ3v) is 6.82. The van der Waals surface area contributed by atoms with E-state index >= 15 is 0 Å². The Morgan fingerprint density at radius 2 is 1.83 bits per heavy atom. The second kappa shape index (κ2) is 8.74. The Kier molecular flexibility index (Phi) is 5.39. The van der Waals surface area contributed by atoms with Crippen molar-refractivity contribution in [3.63, 3.8) is 0 Å². The number of carbonyl (C=O) groups excluding carboxylic acids is 1. The van der Waals surface area contributed by atoms with Crippen LogP contribution in [0.5, 0.6) is 0 Å². The Morgan fingerprint density at radius 3 is 2.47 bits per heavy atom. The van der Waals surface area contributed by atoms with Gasteiger partial charge in [0.25, 0.3) is 5.91 Å². The van der Waals surface area contributed by atoms with E-state index in [9.17, 15) is 4.79 Å². The number of hydrogen-bond acceptors (Lipinski definition) is 8. The minimum Gasteiger partial charge on any atom is -0.357 e. The predicted molar refractivity (Wildman–Crippen MR) is 135 cm³/mol. The summed E-state index contributed by atoms with van der Waals surface area (Å²) in [5.74, 6) is 2.02. The van der Waals surface area contributed by atoms with Gasteiger partial charge in [-0.25, -0.2) is 4.98 Å². The van der Waals surface area contributed by atoms with E-state index in [0.717, 1.165) is 35.5 Å². The Labute approximate surface area is 208 Å². The fourth-order valence-electron chi connectivity index (χ4n) is 5.16.